The number of hydrogen-bond donors (Lipinski definition) is 0. The first-order valence-electron chi connectivity index (χ1n) is 3.67. The maximum atomic E-state index is 5.47. The van der Waals surface area contributed by atoms with Crippen LogP contribution < -0.4 is 9.47 Å². The van der Waals surface area contributed by atoms with Gasteiger partial charge in [0.15, 0.2) is 0 Å². The lowest BCUT2D eigenvalue weighted by Gasteiger charge is -2.04. The molecule has 0 radical (unpaired) electrons. The smallest absolute Gasteiger partial charge is 0.134 e. The van der Waals surface area contributed by atoms with Gasteiger partial charge in [-0.15, -0.1) is 0 Å². The van der Waals surface area contributed by atoms with E-state index in [9.17, 15) is 0 Å². The molecule has 0 aliphatic heterocycles. The molecular weight excluding hydrogens is 208 g/mol. The van der Waals surface area contributed by atoms with E-state index in [-0.39, 0.29) is 6.61 Å². The Bertz CT molecular complexity index is 284. The van der Waals surface area contributed by atoms with Crippen LogP contribution in [0.15, 0.2) is 24.3 Å². The van der Waals surface area contributed by atoms with Crippen LogP contribution in [0.25, 0.3) is 0 Å². The maximum Gasteiger partial charge on any atom is 0.134 e. The number of thiocarbonyl (C=S) groups is 1. The Hall–Kier alpha value is -0.800. The van der Waals surface area contributed by atoms with E-state index in [4.69, 9.17) is 21.1 Å². The van der Waals surface area contributed by atoms with Crippen molar-refractivity contribution in [1.82, 2.24) is 0 Å². The molecule has 0 fully saturated rings. The largest absolute Gasteiger partial charge is 0.497 e. The normalized spacial score (nSPS) is 9.38. The zero-order chi connectivity index (χ0) is 9.68. The van der Waals surface area contributed by atoms with Gasteiger partial charge >= 0.3 is 0 Å². The fraction of sp³-hybridized carbons (Fsp3) is 0.222. The molecule has 0 spiro atoms. The summed E-state index contributed by atoms with van der Waals surface area (Å²) in [6.45, 7) is 0.253. The van der Waals surface area contributed by atoms with E-state index >= 15 is 0 Å². The SMILES string of the molecule is COc1ccc(OCC(=S)Cl)cc1. The Balaban J connectivity index is 2.54. The summed E-state index contributed by atoms with van der Waals surface area (Å²) in [6, 6.07) is 7.22. The first kappa shape index (κ1) is 10.3. The van der Waals surface area contributed by atoms with E-state index in [0.29, 0.717) is 4.32 Å². The molecule has 0 amide bonds. The van der Waals surface area contributed by atoms with Crippen LogP contribution in [0, 0.1) is 0 Å². The van der Waals surface area contributed by atoms with Crippen molar-refractivity contribution in [3.63, 3.8) is 0 Å². The van der Waals surface area contributed by atoms with Gasteiger partial charge in [0.25, 0.3) is 0 Å². The number of halogens is 1. The quantitative estimate of drug-likeness (QED) is 0.570. The topological polar surface area (TPSA) is 18.5 Å². The number of benzene rings is 1. The van der Waals surface area contributed by atoms with Crippen LogP contribution in [0.2, 0.25) is 0 Å². The molecule has 0 aliphatic rings. The molecule has 0 saturated carbocycles. The summed E-state index contributed by atoms with van der Waals surface area (Å²) in [7, 11) is 1.61. The first-order chi connectivity index (χ1) is 6.22. The third kappa shape index (κ3) is 3.61. The summed E-state index contributed by atoms with van der Waals surface area (Å²) >= 11 is 10.1. The van der Waals surface area contributed by atoms with Crippen molar-refractivity contribution in [2.75, 3.05) is 13.7 Å². The van der Waals surface area contributed by atoms with Gasteiger partial charge in [0.05, 0.1) is 7.11 Å². The molecule has 0 N–H and O–H groups in total. The number of hydrogen-bond acceptors (Lipinski definition) is 3. The van der Waals surface area contributed by atoms with E-state index in [2.05, 4.69) is 12.2 Å². The zero-order valence-electron chi connectivity index (χ0n) is 7.12. The van der Waals surface area contributed by atoms with Crippen molar-refractivity contribution in [2.24, 2.45) is 0 Å². The Morgan fingerprint density at radius 1 is 1.31 bits per heavy atom. The molecule has 2 nitrogen and oxygen atoms in total. The Morgan fingerprint density at radius 2 is 1.85 bits per heavy atom. The highest BCUT2D eigenvalue weighted by Crippen LogP contribution is 2.16. The predicted molar refractivity (Wildman–Crippen MR) is 56.9 cm³/mol. The van der Waals surface area contributed by atoms with Gasteiger partial charge < -0.3 is 9.47 Å². The van der Waals surface area contributed by atoms with Gasteiger partial charge in [0.1, 0.15) is 22.4 Å². The second kappa shape index (κ2) is 5.04. The number of ether oxygens (including phenoxy) is 2. The molecule has 1 aromatic carbocycles. The minimum absolute atomic E-state index is 0.253. The first-order valence-corrected chi connectivity index (χ1v) is 4.46. The lowest BCUT2D eigenvalue weighted by atomic mass is 10.3. The summed E-state index contributed by atoms with van der Waals surface area (Å²) < 4.78 is 10.5. The molecule has 0 heterocycles. The molecule has 1 aromatic rings. The molecule has 70 valence electrons. The second-order valence-electron chi connectivity index (χ2n) is 2.32. The highest BCUT2D eigenvalue weighted by atomic mass is 35.5. The minimum atomic E-state index is 0.253. The van der Waals surface area contributed by atoms with E-state index in [1.807, 2.05) is 12.1 Å². The van der Waals surface area contributed by atoms with Crippen molar-refractivity contribution in [3.05, 3.63) is 24.3 Å². The number of rotatable bonds is 4. The van der Waals surface area contributed by atoms with E-state index in [0.717, 1.165) is 11.5 Å². The van der Waals surface area contributed by atoms with Crippen molar-refractivity contribution >= 4 is 28.1 Å². The fourth-order valence-corrected chi connectivity index (χ4v) is 0.926. The van der Waals surface area contributed by atoms with Crippen molar-refractivity contribution in [2.45, 2.75) is 0 Å². The molecule has 0 atom stereocenters. The highest BCUT2D eigenvalue weighted by Gasteiger charge is 1.95. The van der Waals surface area contributed by atoms with Crippen LogP contribution in [-0.4, -0.2) is 18.0 Å². The summed E-state index contributed by atoms with van der Waals surface area (Å²) in [5, 5.41) is 0. The van der Waals surface area contributed by atoms with Gasteiger partial charge in [-0.2, -0.15) is 0 Å². The van der Waals surface area contributed by atoms with Crippen molar-refractivity contribution in [1.29, 1.82) is 0 Å². The van der Waals surface area contributed by atoms with E-state index in [1.165, 1.54) is 0 Å². The second-order valence-corrected chi connectivity index (χ2v) is 3.49. The lowest BCUT2D eigenvalue weighted by molar-refractivity contribution is 0.377. The molecule has 4 heteroatoms. The third-order valence-corrected chi connectivity index (χ3v) is 1.64. The monoisotopic (exact) mass is 216 g/mol. The van der Waals surface area contributed by atoms with E-state index < -0.39 is 0 Å². The molecule has 0 saturated heterocycles. The Morgan fingerprint density at radius 3 is 2.31 bits per heavy atom. The van der Waals surface area contributed by atoms with Gasteiger partial charge in [-0.3, -0.25) is 0 Å². The average molecular weight is 217 g/mol. The summed E-state index contributed by atoms with van der Waals surface area (Å²) in [4.78, 5) is 0. The number of methoxy groups -OCH3 is 1. The van der Waals surface area contributed by atoms with E-state index in [1.54, 1.807) is 19.2 Å². The molecule has 0 unspecified atom stereocenters. The van der Waals surface area contributed by atoms with Crippen LogP contribution in [0.1, 0.15) is 0 Å². The summed E-state index contributed by atoms with van der Waals surface area (Å²) in [5.74, 6) is 1.52. The van der Waals surface area contributed by atoms with Crippen molar-refractivity contribution < 1.29 is 9.47 Å². The van der Waals surface area contributed by atoms with Gasteiger partial charge in [0.2, 0.25) is 0 Å². The standard InChI is InChI=1S/C9H9ClO2S/c1-11-7-2-4-8(5-3-7)12-6-9(10)13/h2-5H,6H2,1H3. The van der Waals surface area contributed by atoms with Crippen LogP contribution in [0.4, 0.5) is 0 Å². The molecule has 0 aromatic heterocycles. The Labute approximate surface area is 87.4 Å². The van der Waals surface area contributed by atoms with Gasteiger partial charge in [-0.1, -0.05) is 23.8 Å². The third-order valence-electron chi connectivity index (χ3n) is 1.41. The maximum absolute atomic E-state index is 5.47. The molecule has 1 rings (SSSR count). The van der Waals surface area contributed by atoms with Gasteiger partial charge in [-0.05, 0) is 24.3 Å². The zero-order valence-corrected chi connectivity index (χ0v) is 8.69. The fourth-order valence-electron chi connectivity index (χ4n) is 0.812. The van der Waals surface area contributed by atoms with Crippen LogP contribution >= 0.6 is 23.8 Å². The Kier molecular flexibility index (Phi) is 3.99. The van der Waals surface area contributed by atoms with Gasteiger partial charge in [-0.25, -0.2) is 0 Å². The summed E-state index contributed by atoms with van der Waals surface area (Å²) in [5.41, 5.74) is 0. The van der Waals surface area contributed by atoms with Crippen molar-refractivity contribution in [3.8, 4) is 11.5 Å². The lowest BCUT2D eigenvalue weighted by Crippen LogP contribution is -2.02. The van der Waals surface area contributed by atoms with Crippen LogP contribution in [-0.2, 0) is 0 Å². The molecule has 13 heavy (non-hydrogen) atoms. The molecule has 0 bridgehead atoms. The highest BCUT2D eigenvalue weighted by molar-refractivity contribution is 7.83. The minimum Gasteiger partial charge on any atom is -0.497 e. The average Bonchev–Trinajstić information content (AvgIpc) is 2.15. The molecule has 0 aliphatic carbocycles. The van der Waals surface area contributed by atoms with Crippen LogP contribution in [0.3, 0.4) is 0 Å². The molecular formula is C9H9ClO2S. The predicted octanol–water partition coefficient (Wildman–Crippen LogP) is 2.64. The van der Waals surface area contributed by atoms with Crippen LogP contribution in [0.5, 0.6) is 11.5 Å². The summed E-state index contributed by atoms with van der Waals surface area (Å²) in [6.07, 6.45) is 0. The van der Waals surface area contributed by atoms with Gasteiger partial charge in [0, 0.05) is 0 Å².